The van der Waals surface area contributed by atoms with Gasteiger partial charge in [0.05, 0.1) is 43.2 Å². The summed E-state index contributed by atoms with van der Waals surface area (Å²) >= 11 is 8.37. The first-order valence-corrected chi connectivity index (χ1v) is 18.4. The summed E-state index contributed by atoms with van der Waals surface area (Å²) in [5.74, 6) is -7.39. The average molecular weight is 795 g/mol. The minimum Gasteiger partial charge on any atom is -0.504 e. The van der Waals surface area contributed by atoms with Gasteiger partial charge in [0.1, 0.15) is 29.4 Å². The van der Waals surface area contributed by atoms with Crippen LogP contribution in [0.5, 0.6) is 11.5 Å². The Hall–Kier alpha value is -5.12. The third kappa shape index (κ3) is 7.28. The number of amides is 3. The molecule has 6 heterocycles. The second kappa shape index (κ2) is 14.7. The number of benzene rings is 1. The van der Waals surface area contributed by atoms with Crippen molar-refractivity contribution in [2.24, 2.45) is 5.16 Å². The van der Waals surface area contributed by atoms with Gasteiger partial charge in [-0.1, -0.05) is 16.8 Å². The van der Waals surface area contributed by atoms with Crippen molar-refractivity contribution in [2.75, 3.05) is 44.2 Å². The molecule has 2 aromatic rings. The highest BCUT2D eigenvalue weighted by molar-refractivity contribution is 8.00. The summed E-state index contributed by atoms with van der Waals surface area (Å²) < 4.78 is 0.476. The van der Waals surface area contributed by atoms with Crippen LogP contribution in [0.25, 0.3) is 0 Å². The van der Waals surface area contributed by atoms with Gasteiger partial charge in [-0.2, -0.15) is 0 Å². The van der Waals surface area contributed by atoms with E-state index in [1.165, 1.54) is 29.3 Å². The molecule has 7 rings (SSSR count). The molecule has 22 heteroatoms. The van der Waals surface area contributed by atoms with Crippen LogP contribution in [0.3, 0.4) is 0 Å². The Morgan fingerprint density at radius 2 is 1.85 bits per heavy atom. The molecule has 1 aromatic carbocycles. The normalized spacial score (nSPS) is 24.5. The monoisotopic (exact) mass is 794 g/mol. The first-order chi connectivity index (χ1) is 25.1. The Morgan fingerprint density at radius 1 is 1.13 bits per heavy atom. The van der Waals surface area contributed by atoms with E-state index in [4.69, 9.17) is 27.3 Å². The number of β-lactam (4-membered cyclic amide) rings is 1. The lowest BCUT2D eigenvalue weighted by atomic mass is 9.99. The minimum absolute atomic E-state index is 0.0275. The molecule has 1 unspecified atom stereocenters. The van der Waals surface area contributed by atoms with Gasteiger partial charge in [-0.3, -0.25) is 24.1 Å². The van der Waals surface area contributed by atoms with Gasteiger partial charge in [0.2, 0.25) is 6.10 Å². The van der Waals surface area contributed by atoms with Crippen molar-refractivity contribution < 1.29 is 63.6 Å². The highest BCUT2D eigenvalue weighted by Gasteiger charge is 2.55. The number of hydrogen-bond acceptors (Lipinski definition) is 14. The highest BCUT2D eigenvalue weighted by atomic mass is 35.5. The Balaban J connectivity index is 1.17. The quantitative estimate of drug-likeness (QED) is 0.0501. The molecule has 1 aromatic heterocycles. The molecule has 53 heavy (non-hydrogen) atoms. The van der Waals surface area contributed by atoms with Gasteiger partial charge in [0.25, 0.3) is 17.7 Å². The summed E-state index contributed by atoms with van der Waals surface area (Å²) in [5, 5.41) is 54.9. The number of anilines is 1. The van der Waals surface area contributed by atoms with Crippen molar-refractivity contribution in [3.8, 4) is 11.5 Å². The third-order valence-electron chi connectivity index (χ3n) is 9.66. The molecule has 0 aliphatic carbocycles. The first-order valence-electron chi connectivity index (χ1n) is 16.1. The van der Waals surface area contributed by atoms with Crippen LogP contribution in [0.15, 0.2) is 33.9 Å². The van der Waals surface area contributed by atoms with Crippen molar-refractivity contribution in [1.82, 2.24) is 20.1 Å². The van der Waals surface area contributed by atoms with Gasteiger partial charge >= 0.3 is 17.9 Å². The lowest BCUT2D eigenvalue weighted by Gasteiger charge is -2.50. The number of phenols is 2. The van der Waals surface area contributed by atoms with Gasteiger partial charge in [-0.05, 0) is 12.1 Å². The molecule has 5 aliphatic heterocycles. The number of phenolic OH excluding ortho intramolecular Hbond substituents is 2. The molecular weight excluding hydrogens is 762 g/mol. The minimum atomic E-state index is -1.94. The summed E-state index contributed by atoms with van der Waals surface area (Å²) in [4.78, 5) is 87.4. The molecular formula is C31H33ClN7O12S2+. The molecule has 4 fully saturated rings. The van der Waals surface area contributed by atoms with E-state index >= 15 is 0 Å². The fraction of sp³-hybridized carbons (Fsp3) is 0.419. The fourth-order valence-electron chi connectivity index (χ4n) is 6.98. The van der Waals surface area contributed by atoms with Crippen molar-refractivity contribution in [3.63, 3.8) is 0 Å². The second-order valence-corrected chi connectivity index (χ2v) is 15.2. The number of carboxylic acids is 3. The van der Waals surface area contributed by atoms with Gasteiger partial charge < -0.3 is 50.8 Å². The number of carbonyl (C=O) groups excluding carboxylic acids is 3. The lowest BCUT2D eigenvalue weighted by Crippen LogP contribution is -2.71. The summed E-state index contributed by atoms with van der Waals surface area (Å²) in [6.07, 6.45) is -1.67. The number of rotatable bonds is 12. The smallest absolute Gasteiger partial charge is 0.352 e. The van der Waals surface area contributed by atoms with Crippen LogP contribution in [0.2, 0.25) is 5.02 Å². The zero-order valence-corrected chi connectivity index (χ0v) is 29.9. The molecule has 5 aliphatic rings. The van der Waals surface area contributed by atoms with Crippen molar-refractivity contribution in [2.45, 2.75) is 42.8 Å². The number of aliphatic carboxylic acids is 3. The number of carboxylic acid groups (broad SMARTS) is 3. The van der Waals surface area contributed by atoms with Crippen LogP contribution >= 0.6 is 34.7 Å². The lowest BCUT2D eigenvalue weighted by molar-refractivity contribution is -0.924. The zero-order valence-electron chi connectivity index (χ0n) is 27.5. The van der Waals surface area contributed by atoms with Crippen LogP contribution in [0, 0.1) is 0 Å². The van der Waals surface area contributed by atoms with E-state index in [9.17, 15) is 49.2 Å². The topological polar surface area (TPSA) is 283 Å². The number of piperidine rings is 1. The molecule has 4 saturated heterocycles. The number of nitrogens with two attached hydrogens (primary N) is 1. The molecule has 2 bridgehead atoms. The van der Waals surface area contributed by atoms with Crippen LogP contribution in [-0.4, -0.2) is 148 Å². The standard InChI is InChI=1S/C31H32ClN7O12S2/c32-20-15(1-2-17(40)24(20)43)26(45)37-5-8-39(6-3-14(37)4-7-39)10-13-11-52-28-22(27(46)38(28)23(13)30(49)50)35-25(44)21(16-12-53-31(33)34-16)36-51-18(29(47)48)9-19(41)42/h1-2,12,14,18,22,28H,3-11H2,(H7-,33,34,35,36,40,41,42,43,44,45,47,48,49,50)/p+1/t14?,18?,22-,28-,39?/m1/s1. The Kier molecular flexibility index (Phi) is 10.5. The number of hydrogen-bond donors (Lipinski definition) is 7. The number of thiazole rings is 1. The molecule has 8 N–H and O–H groups in total. The molecule has 19 nitrogen and oxygen atoms in total. The maximum absolute atomic E-state index is 13.6. The summed E-state index contributed by atoms with van der Waals surface area (Å²) in [5.41, 5.74) is 5.38. The van der Waals surface area contributed by atoms with E-state index in [2.05, 4.69) is 15.5 Å². The van der Waals surface area contributed by atoms with Crippen LogP contribution < -0.4 is 11.1 Å². The number of thioether (sulfide) groups is 1. The number of nitrogens with zero attached hydrogens (tertiary/aromatic N) is 5. The van der Waals surface area contributed by atoms with Crippen LogP contribution in [0.1, 0.15) is 35.3 Å². The summed E-state index contributed by atoms with van der Waals surface area (Å²) in [6, 6.07) is 1.23. The summed E-state index contributed by atoms with van der Waals surface area (Å²) in [6.45, 7) is 2.40. The van der Waals surface area contributed by atoms with Gasteiger partial charge in [0, 0.05) is 35.6 Å². The average Bonchev–Trinajstić information content (AvgIpc) is 3.36. The number of aromatic nitrogens is 1. The number of fused-ring (bicyclic) bond motifs is 5. The van der Waals surface area contributed by atoms with E-state index in [-0.39, 0.29) is 38.9 Å². The predicted octanol–water partition coefficient (Wildman–Crippen LogP) is 0.312. The first kappa shape index (κ1) is 37.6. The molecule has 3 amide bonds. The van der Waals surface area contributed by atoms with Crippen molar-refractivity contribution in [1.29, 1.82) is 0 Å². The predicted molar refractivity (Wildman–Crippen MR) is 186 cm³/mol. The van der Waals surface area contributed by atoms with Gasteiger partial charge in [-0.15, -0.1) is 23.1 Å². The molecule has 0 spiro atoms. The molecule has 282 valence electrons. The Bertz CT molecular complexity index is 1960. The van der Waals surface area contributed by atoms with Crippen molar-refractivity contribution in [3.05, 3.63) is 45.1 Å². The summed E-state index contributed by atoms with van der Waals surface area (Å²) in [7, 11) is 0. The number of aromatic hydroxyl groups is 2. The maximum Gasteiger partial charge on any atom is 0.352 e. The Morgan fingerprint density at radius 3 is 2.47 bits per heavy atom. The number of nitrogen functional groups attached to an aromatic ring is 1. The highest BCUT2D eigenvalue weighted by Crippen LogP contribution is 2.42. The fourth-order valence-corrected chi connectivity index (χ4v) is 9.11. The number of carbonyl (C=O) groups is 6. The van der Waals surface area contributed by atoms with E-state index in [0.29, 0.717) is 55.6 Å². The van der Waals surface area contributed by atoms with E-state index < -0.39 is 76.8 Å². The van der Waals surface area contributed by atoms with Gasteiger partial charge in [0.15, 0.2) is 22.3 Å². The molecule has 0 saturated carbocycles. The number of halogens is 1. The van der Waals surface area contributed by atoms with E-state index in [1.54, 1.807) is 4.90 Å². The molecule has 0 radical (unpaired) electrons. The van der Waals surface area contributed by atoms with E-state index in [1.807, 2.05) is 0 Å². The molecule has 3 atom stereocenters. The number of quaternary nitrogens is 1. The zero-order chi connectivity index (χ0) is 38.4. The van der Waals surface area contributed by atoms with Crippen LogP contribution in [-0.2, 0) is 28.8 Å². The third-order valence-corrected chi connectivity index (χ3v) is 12.1. The van der Waals surface area contributed by atoms with E-state index in [0.717, 1.165) is 16.2 Å². The van der Waals surface area contributed by atoms with Gasteiger partial charge in [-0.25, -0.2) is 14.6 Å². The van der Waals surface area contributed by atoms with Crippen molar-refractivity contribution >= 4 is 81.2 Å². The number of nitrogens with one attached hydrogen (secondary N) is 1. The SMILES string of the molecule is Nc1nc(/C(=N/OC(CC(=O)O)C(=O)O)C(=O)N[C@@H]2C(=O)N3C(C(=O)O)=C(C[N+]45CCC(CC4)N(C(=O)c4ccc(O)c(O)c4Cl)CC5)CS[C@H]23)cs1. The van der Waals surface area contributed by atoms with Crippen LogP contribution in [0.4, 0.5) is 5.13 Å². The Labute approximate surface area is 312 Å². The number of oxime groups is 1. The largest absolute Gasteiger partial charge is 0.504 e. The maximum atomic E-state index is 13.6. The second-order valence-electron chi connectivity index (χ2n) is 12.9.